The maximum Gasteiger partial charge on any atom is 0.159 e. The number of nitrogens with zero attached hydrogens (tertiary/aromatic N) is 1. The van der Waals surface area contributed by atoms with Crippen molar-refractivity contribution in [2.45, 2.75) is 6.92 Å². The largest absolute Gasteiger partial charge is 0.456 e. The van der Waals surface area contributed by atoms with Crippen molar-refractivity contribution in [2.24, 2.45) is 0 Å². The first kappa shape index (κ1) is 21.1. The molecule has 3 nitrogen and oxygen atoms in total. The Kier molecular flexibility index (Phi) is 4.44. The van der Waals surface area contributed by atoms with Gasteiger partial charge in [0.25, 0.3) is 0 Å². The smallest absolute Gasteiger partial charge is 0.159 e. The lowest BCUT2D eigenvalue weighted by Gasteiger charge is -2.25. The summed E-state index contributed by atoms with van der Waals surface area (Å²) in [6.45, 7) is 2.10. The summed E-state index contributed by atoms with van der Waals surface area (Å²) in [6, 6.07) is 42.3. The van der Waals surface area contributed by atoms with Gasteiger partial charge in [-0.15, -0.1) is 0 Å². The van der Waals surface area contributed by atoms with Gasteiger partial charge in [0.2, 0.25) is 0 Å². The Balaban J connectivity index is 1.40. The second kappa shape index (κ2) is 7.99. The number of para-hydroxylation sites is 3. The van der Waals surface area contributed by atoms with E-state index in [0.717, 1.165) is 66.5 Å². The predicted octanol–water partition coefficient (Wildman–Crippen LogP) is 10.4. The minimum Gasteiger partial charge on any atom is -0.456 e. The molecule has 2 heterocycles. The first-order chi connectivity index (χ1) is 18.8. The topological polar surface area (TPSA) is 29.5 Å². The van der Waals surface area contributed by atoms with Crippen LogP contribution in [0.3, 0.4) is 0 Å². The fraction of sp³-hybridized carbons (Fsp3) is 0.0286. The summed E-state index contributed by atoms with van der Waals surface area (Å²) in [4.78, 5) is 2.25. The monoisotopic (exact) mass is 489 g/mol. The number of aryl methyl sites for hydroxylation is 1. The number of benzene rings is 6. The molecule has 0 saturated heterocycles. The number of anilines is 3. The van der Waals surface area contributed by atoms with Gasteiger partial charge in [0.1, 0.15) is 16.7 Å². The maximum atomic E-state index is 6.56. The van der Waals surface area contributed by atoms with Crippen molar-refractivity contribution in [1.82, 2.24) is 0 Å². The van der Waals surface area contributed by atoms with Gasteiger partial charge in [-0.2, -0.15) is 0 Å². The summed E-state index contributed by atoms with van der Waals surface area (Å²) >= 11 is 0. The number of fused-ring (bicyclic) bond motifs is 8. The van der Waals surface area contributed by atoms with Crippen molar-refractivity contribution in [3.63, 3.8) is 0 Å². The Morgan fingerprint density at radius 2 is 1.26 bits per heavy atom. The van der Waals surface area contributed by atoms with Gasteiger partial charge in [-0.1, -0.05) is 78.9 Å². The molecule has 0 amide bonds. The SMILES string of the molecule is Cc1cccc2c1oc1c(N(c3ccccc3)c3ccc4c(c3)oc3ccc5ccccc5c34)cccc12. The van der Waals surface area contributed by atoms with E-state index in [1.54, 1.807) is 0 Å². The molecule has 0 saturated carbocycles. The van der Waals surface area contributed by atoms with E-state index in [1.807, 2.05) is 6.07 Å². The van der Waals surface area contributed by atoms with Gasteiger partial charge >= 0.3 is 0 Å². The molecule has 0 bridgehead atoms. The second-order valence-corrected chi connectivity index (χ2v) is 9.82. The summed E-state index contributed by atoms with van der Waals surface area (Å²) in [5.41, 5.74) is 7.75. The van der Waals surface area contributed by atoms with Gasteiger partial charge in [0.15, 0.2) is 5.58 Å². The molecule has 0 unspecified atom stereocenters. The summed E-state index contributed by atoms with van der Waals surface area (Å²) in [5.74, 6) is 0. The third-order valence-electron chi connectivity index (χ3n) is 7.56. The van der Waals surface area contributed by atoms with Crippen LogP contribution in [-0.4, -0.2) is 0 Å². The molecule has 8 aromatic rings. The Bertz CT molecular complexity index is 2150. The molecule has 0 atom stereocenters. The van der Waals surface area contributed by atoms with Crippen LogP contribution in [0.2, 0.25) is 0 Å². The van der Waals surface area contributed by atoms with Crippen molar-refractivity contribution in [1.29, 1.82) is 0 Å². The van der Waals surface area contributed by atoms with Crippen molar-refractivity contribution < 1.29 is 8.83 Å². The molecule has 2 aromatic heterocycles. The number of hydrogen-bond acceptors (Lipinski definition) is 3. The van der Waals surface area contributed by atoms with E-state index < -0.39 is 0 Å². The highest BCUT2D eigenvalue weighted by molar-refractivity contribution is 6.19. The van der Waals surface area contributed by atoms with E-state index in [0.29, 0.717) is 0 Å². The molecule has 38 heavy (non-hydrogen) atoms. The van der Waals surface area contributed by atoms with E-state index in [-0.39, 0.29) is 0 Å². The fourth-order valence-electron chi connectivity index (χ4n) is 5.80. The fourth-order valence-corrected chi connectivity index (χ4v) is 5.80. The maximum absolute atomic E-state index is 6.56. The van der Waals surface area contributed by atoms with Crippen LogP contribution in [0.1, 0.15) is 5.56 Å². The molecular formula is C35H23NO2. The molecule has 3 heteroatoms. The van der Waals surface area contributed by atoms with E-state index in [2.05, 4.69) is 127 Å². The van der Waals surface area contributed by atoms with Crippen LogP contribution in [0.25, 0.3) is 54.6 Å². The highest BCUT2D eigenvalue weighted by atomic mass is 16.3. The van der Waals surface area contributed by atoms with Crippen molar-refractivity contribution >= 4 is 71.7 Å². The Hall–Kier alpha value is -5.02. The molecule has 0 spiro atoms. The zero-order valence-corrected chi connectivity index (χ0v) is 20.8. The highest BCUT2D eigenvalue weighted by Crippen LogP contribution is 2.44. The average Bonchev–Trinajstić information content (AvgIpc) is 3.54. The molecule has 0 aliphatic heterocycles. The average molecular weight is 490 g/mol. The molecule has 0 radical (unpaired) electrons. The normalized spacial score (nSPS) is 11.8. The Morgan fingerprint density at radius 1 is 0.500 bits per heavy atom. The Labute approximate surface area is 219 Å². The van der Waals surface area contributed by atoms with Crippen LogP contribution in [0.4, 0.5) is 17.1 Å². The van der Waals surface area contributed by atoms with Crippen molar-refractivity contribution in [3.8, 4) is 0 Å². The second-order valence-electron chi connectivity index (χ2n) is 9.82. The number of hydrogen-bond donors (Lipinski definition) is 0. The lowest BCUT2D eigenvalue weighted by molar-refractivity contribution is 0.665. The molecule has 0 N–H and O–H groups in total. The Morgan fingerprint density at radius 3 is 2.16 bits per heavy atom. The highest BCUT2D eigenvalue weighted by Gasteiger charge is 2.21. The molecule has 0 aliphatic carbocycles. The van der Waals surface area contributed by atoms with Crippen LogP contribution in [0.15, 0.2) is 130 Å². The van der Waals surface area contributed by atoms with Crippen LogP contribution in [0, 0.1) is 6.92 Å². The molecule has 6 aromatic carbocycles. The van der Waals surface area contributed by atoms with Gasteiger partial charge in [0, 0.05) is 33.3 Å². The number of rotatable bonds is 3. The van der Waals surface area contributed by atoms with E-state index in [1.165, 1.54) is 10.8 Å². The van der Waals surface area contributed by atoms with E-state index >= 15 is 0 Å². The standard InChI is InChI=1S/C35H23NO2/c1-22-9-7-14-27-28-15-8-16-30(35(28)38-34(22)27)36(24-11-3-2-4-12-24)25-18-19-29-32(21-25)37-31-20-17-23-10-5-6-13-26(23)33(29)31/h2-21H,1H3. The first-order valence-corrected chi connectivity index (χ1v) is 12.9. The van der Waals surface area contributed by atoms with E-state index in [9.17, 15) is 0 Å². The zero-order chi connectivity index (χ0) is 25.2. The van der Waals surface area contributed by atoms with Crippen LogP contribution in [0.5, 0.6) is 0 Å². The first-order valence-electron chi connectivity index (χ1n) is 12.9. The number of furan rings is 2. The van der Waals surface area contributed by atoms with Crippen LogP contribution < -0.4 is 4.90 Å². The third kappa shape index (κ3) is 3.02. The lowest BCUT2D eigenvalue weighted by atomic mass is 10.0. The minimum absolute atomic E-state index is 0.863. The van der Waals surface area contributed by atoms with Gasteiger partial charge in [0.05, 0.1) is 11.4 Å². The summed E-state index contributed by atoms with van der Waals surface area (Å²) in [5, 5.41) is 6.94. The summed E-state index contributed by atoms with van der Waals surface area (Å²) in [6.07, 6.45) is 0. The van der Waals surface area contributed by atoms with Crippen molar-refractivity contribution in [3.05, 3.63) is 127 Å². The summed E-state index contributed by atoms with van der Waals surface area (Å²) < 4.78 is 13.0. The van der Waals surface area contributed by atoms with Gasteiger partial charge in [-0.3, -0.25) is 0 Å². The minimum atomic E-state index is 0.863. The molecule has 0 aliphatic rings. The third-order valence-corrected chi connectivity index (χ3v) is 7.56. The van der Waals surface area contributed by atoms with Gasteiger partial charge in [-0.05, 0) is 59.7 Å². The predicted molar refractivity (Wildman–Crippen MR) is 158 cm³/mol. The quantitative estimate of drug-likeness (QED) is 0.247. The zero-order valence-electron chi connectivity index (χ0n) is 20.8. The van der Waals surface area contributed by atoms with Crippen LogP contribution in [-0.2, 0) is 0 Å². The van der Waals surface area contributed by atoms with Gasteiger partial charge in [-0.25, -0.2) is 0 Å². The molecule has 8 rings (SSSR count). The summed E-state index contributed by atoms with van der Waals surface area (Å²) in [7, 11) is 0. The lowest BCUT2D eigenvalue weighted by Crippen LogP contribution is -2.09. The van der Waals surface area contributed by atoms with Crippen molar-refractivity contribution in [2.75, 3.05) is 4.90 Å². The molecular weight excluding hydrogens is 466 g/mol. The molecule has 0 fully saturated rings. The molecule has 180 valence electrons. The van der Waals surface area contributed by atoms with Gasteiger partial charge < -0.3 is 13.7 Å². The van der Waals surface area contributed by atoms with E-state index in [4.69, 9.17) is 8.83 Å². The van der Waals surface area contributed by atoms with Crippen LogP contribution >= 0.6 is 0 Å².